The summed E-state index contributed by atoms with van der Waals surface area (Å²) < 4.78 is 30.5. The number of hydrogen-bond acceptors (Lipinski definition) is 4. The summed E-state index contributed by atoms with van der Waals surface area (Å²) in [5.74, 6) is -0.946. The maximum absolute atomic E-state index is 12.0. The Morgan fingerprint density at radius 2 is 1.88 bits per heavy atom. The number of aromatic nitrogens is 1. The minimum atomic E-state index is -4.03. The summed E-state index contributed by atoms with van der Waals surface area (Å²) in [7, 11) is -4.03. The van der Waals surface area contributed by atoms with Gasteiger partial charge in [-0.05, 0) is 36.6 Å². The summed E-state index contributed by atoms with van der Waals surface area (Å²) in [6.45, 7) is 0. The lowest BCUT2D eigenvalue weighted by Crippen LogP contribution is -2.15. The van der Waals surface area contributed by atoms with E-state index < -0.39 is 16.0 Å². The van der Waals surface area contributed by atoms with E-state index >= 15 is 0 Å². The summed E-state index contributed by atoms with van der Waals surface area (Å²) >= 11 is 0. The standard InChI is InChI=1S/C17H16N2O4S/c18-17(20)16-11(5-3-9-24(21,22)23)7-8-15-13(16)10-12-4-1-2-6-14(12)19-15/h1-2,4,6-8,10H,3,5,9H2,(H2,18,20)(H,21,22,23). The fourth-order valence-corrected chi connectivity index (χ4v) is 3.35. The zero-order valence-electron chi connectivity index (χ0n) is 12.8. The molecule has 0 radical (unpaired) electrons. The molecule has 24 heavy (non-hydrogen) atoms. The van der Waals surface area contributed by atoms with Crippen molar-refractivity contribution in [2.24, 2.45) is 5.73 Å². The molecule has 0 aliphatic carbocycles. The van der Waals surface area contributed by atoms with Crippen LogP contribution >= 0.6 is 0 Å². The first-order chi connectivity index (χ1) is 11.3. The van der Waals surface area contributed by atoms with Crippen LogP contribution in [0.2, 0.25) is 0 Å². The second-order valence-corrected chi connectivity index (χ2v) is 7.17. The number of primary amides is 1. The Kier molecular flexibility index (Phi) is 4.21. The Hall–Kier alpha value is -2.51. The summed E-state index contributed by atoms with van der Waals surface area (Å²) in [5, 5.41) is 1.54. The van der Waals surface area contributed by atoms with Gasteiger partial charge in [-0.15, -0.1) is 0 Å². The Bertz CT molecular complexity index is 1050. The normalized spacial score (nSPS) is 11.9. The molecular weight excluding hydrogens is 328 g/mol. The number of hydrogen-bond donors (Lipinski definition) is 2. The van der Waals surface area contributed by atoms with E-state index in [0.717, 1.165) is 10.9 Å². The molecule has 0 aliphatic heterocycles. The van der Waals surface area contributed by atoms with E-state index in [1.807, 2.05) is 30.3 Å². The van der Waals surface area contributed by atoms with Crippen LogP contribution < -0.4 is 5.73 Å². The number of benzene rings is 2. The number of amides is 1. The second-order valence-electron chi connectivity index (χ2n) is 5.60. The van der Waals surface area contributed by atoms with Gasteiger partial charge >= 0.3 is 0 Å². The number of nitrogens with zero attached hydrogens (tertiary/aromatic N) is 1. The molecule has 7 heteroatoms. The Labute approximate surface area is 139 Å². The molecule has 1 amide bonds. The van der Waals surface area contributed by atoms with Crippen LogP contribution in [0.1, 0.15) is 22.3 Å². The molecule has 3 N–H and O–H groups in total. The van der Waals surface area contributed by atoms with Crippen LogP contribution in [0, 0.1) is 0 Å². The van der Waals surface area contributed by atoms with Crippen LogP contribution in [0.5, 0.6) is 0 Å². The van der Waals surface area contributed by atoms with E-state index in [9.17, 15) is 13.2 Å². The van der Waals surface area contributed by atoms with Gasteiger partial charge in [0.1, 0.15) is 0 Å². The molecule has 0 fully saturated rings. The highest BCUT2D eigenvalue weighted by Crippen LogP contribution is 2.26. The van der Waals surface area contributed by atoms with E-state index in [2.05, 4.69) is 4.98 Å². The maximum atomic E-state index is 12.0. The second kappa shape index (κ2) is 6.18. The third-order valence-electron chi connectivity index (χ3n) is 3.88. The molecule has 0 saturated heterocycles. The first-order valence-corrected chi connectivity index (χ1v) is 9.02. The predicted octanol–water partition coefficient (Wildman–Crippen LogP) is 2.31. The molecule has 124 valence electrons. The molecule has 0 bridgehead atoms. The fourth-order valence-electron chi connectivity index (χ4n) is 2.84. The van der Waals surface area contributed by atoms with E-state index in [-0.39, 0.29) is 12.2 Å². The fraction of sp³-hybridized carbons (Fsp3) is 0.176. The quantitative estimate of drug-likeness (QED) is 0.545. The molecule has 0 atom stereocenters. The molecular formula is C17H16N2O4S. The SMILES string of the molecule is NC(=O)c1c(CCCS(=O)(=O)O)ccc2nc3ccccc3cc12. The number of nitrogens with two attached hydrogens (primary N) is 1. The van der Waals surface area contributed by atoms with Crippen LogP contribution in [0.3, 0.4) is 0 Å². The van der Waals surface area contributed by atoms with Gasteiger partial charge in [0.05, 0.1) is 22.3 Å². The van der Waals surface area contributed by atoms with Crippen molar-refractivity contribution in [1.82, 2.24) is 4.98 Å². The summed E-state index contributed by atoms with van der Waals surface area (Å²) in [4.78, 5) is 16.5. The van der Waals surface area contributed by atoms with Crippen LogP contribution in [-0.4, -0.2) is 29.6 Å². The topological polar surface area (TPSA) is 110 Å². The molecule has 0 unspecified atom stereocenters. The number of pyridine rings is 1. The number of fused-ring (bicyclic) bond motifs is 2. The Morgan fingerprint density at radius 3 is 2.58 bits per heavy atom. The first kappa shape index (κ1) is 16.4. The summed E-state index contributed by atoms with van der Waals surface area (Å²) in [6.07, 6.45) is 0.520. The van der Waals surface area contributed by atoms with Crippen LogP contribution in [0.4, 0.5) is 0 Å². The van der Waals surface area contributed by atoms with Crippen molar-refractivity contribution < 1.29 is 17.8 Å². The molecule has 6 nitrogen and oxygen atoms in total. The minimum absolute atomic E-state index is 0.200. The van der Waals surface area contributed by atoms with Gasteiger partial charge in [-0.1, -0.05) is 24.3 Å². The van der Waals surface area contributed by atoms with Crippen molar-refractivity contribution in [1.29, 1.82) is 0 Å². The lowest BCUT2D eigenvalue weighted by atomic mass is 9.97. The average Bonchev–Trinajstić information content (AvgIpc) is 2.51. The lowest BCUT2D eigenvalue weighted by molar-refractivity contribution is 0.100. The molecule has 2 aromatic carbocycles. The van der Waals surface area contributed by atoms with Crippen molar-refractivity contribution in [3.63, 3.8) is 0 Å². The van der Waals surface area contributed by atoms with Crippen molar-refractivity contribution in [3.05, 3.63) is 53.6 Å². The number of aryl methyl sites for hydroxylation is 1. The molecule has 1 aromatic heterocycles. The van der Waals surface area contributed by atoms with Crippen molar-refractivity contribution >= 4 is 37.8 Å². The van der Waals surface area contributed by atoms with Gasteiger partial charge in [0.15, 0.2) is 0 Å². The van der Waals surface area contributed by atoms with Crippen molar-refractivity contribution in [2.45, 2.75) is 12.8 Å². The highest BCUT2D eigenvalue weighted by Gasteiger charge is 2.15. The van der Waals surface area contributed by atoms with E-state index in [1.54, 1.807) is 12.1 Å². The van der Waals surface area contributed by atoms with Gasteiger partial charge in [0.25, 0.3) is 10.1 Å². The zero-order chi connectivity index (χ0) is 17.3. The number of carbonyl (C=O) groups is 1. The van der Waals surface area contributed by atoms with Gasteiger partial charge in [0.2, 0.25) is 5.91 Å². The van der Waals surface area contributed by atoms with Gasteiger partial charge < -0.3 is 5.73 Å². The lowest BCUT2D eigenvalue weighted by Gasteiger charge is -2.11. The molecule has 0 saturated carbocycles. The average molecular weight is 344 g/mol. The summed E-state index contributed by atoms with van der Waals surface area (Å²) in [6, 6.07) is 12.9. The molecule has 3 rings (SSSR count). The number of para-hydroxylation sites is 1. The van der Waals surface area contributed by atoms with Crippen LogP contribution in [0.15, 0.2) is 42.5 Å². The third kappa shape index (κ3) is 3.37. The van der Waals surface area contributed by atoms with E-state index in [1.165, 1.54) is 0 Å². The predicted molar refractivity (Wildman–Crippen MR) is 92.5 cm³/mol. The van der Waals surface area contributed by atoms with Gasteiger partial charge in [-0.3, -0.25) is 9.35 Å². The zero-order valence-corrected chi connectivity index (χ0v) is 13.6. The molecule has 1 heterocycles. The highest BCUT2D eigenvalue weighted by molar-refractivity contribution is 7.85. The first-order valence-electron chi connectivity index (χ1n) is 7.41. The maximum Gasteiger partial charge on any atom is 0.264 e. The smallest absolute Gasteiger partial charge is 0.264 e. The van der Waals surface area contributed by atoms with Gasteiger partial charge in [0, 0.05) is 10.8 Å². The number of carbonyl (C=O) groups excluding carboxylic acids is 1. The largest absolute Gasteiger partial charge is 0.366 e. The third-order valence-corrected chi connectivity index (χ3v) is 4.69. The van der Waals surface area contributed by atoms with Crippen LogP contribution in [0.25, 0.3) is 21.8 Å². The van der Waals surface area contributed by atoms with E-state index in [0.29, 0.717) is 28.5 Å². The monoisotopic (exact) mass is 344 g/mol. The number of rotatable bonds is 5. The van der Waals surface area contributed by atoms with E-state index in [4.69, 9.17) is 10.3 Å². The molecule has 0 spiro atoms. The van der Waals surface area contributed by atoms with Gasteiger partial charge in [-0.25, -0.2) is 4.98 Å². The molecule has 3 aromatic rings. The van der Waals surface area contributed by atoms with Crippen molar-refractivity contribution in [2.75, 3.05) is 5.75 Å². The molecule has 0 aliphatic rings. The van der Waals surface area contributed by atoms with Crippen LogP contribution in [-0.2, 0) is 16.5 Å². The van der Waals surface area contributed by atoms with Crippen molar-refractivity contribution in [3.8, 4) is 0 Å². The summed E-state index contributed by atoms with van der Waals surface area (Å²) in [5.41, 5.74) is 8.02. The van der Waals surface area contributed by atoms with Gasteiger partial charge in [-0.2, -0.15) is 8.42 Å². The highest BCUT2D eigenvalue weighted by atomic mass is 32.2. The Morgan fingerprint density at radius 1 is 1.12 bits per heavy atom. The minimum Gasteiger partial charge on any atom is -0.366 e. The Balaban J connectivity index is 2.11.